The van der Waals surface area contributed by atoms with E-state index in [1.54, 1.807) is 12.3 Å². The predicted octanol–water partition coefficient (Wildman–Crippen LogP) is 1.95. The lowest BCUT2D eigenvalue weighted by Crippen LogP contribution is -1.97. The number of hydrogen-bond acceptors (Lipinski definition) is 3. The van der Waals surface area contributed by atoms with Crippen LogP contribution < -0.4 is 0 Å². The second-order valence-corrected chi connectivity index (χ2v) is 3.72. The summed E-state index contributed by atoms with van der Waals surface area (Å²) in [5.41, 5.74) is 1.48. The number of rotatable bonds is 0. The van der Waals surface area contributed by atoms with Crippen LogP contribution in [0.5, 0.6) is 5.88 Å². The van der Waals surface area contributed by atoms with Crippen molar-refractivity contribution in [1.29, 1.82) is 0 Å². The van der Waals surface area contributed by atoms with Crippen LogP contribution in [0.15, 0.2) is 48.9 Å². The highest BCUT2D eigenvalue weighted by Gasteiger charge is 2.12. The van der Waals surface area contributed by atoms with Gasteiger partial charge in [-0.25, -0.2) is 14.5 Å². The van der Waals surface area contributed by atoms with Gasteiger partial charge in [0.25, 0.3) is 0 Å². The Hall–Kier alpha value is -2.80. The average molecular weight is 235 g/mol. The number of aromatic hydroxyl groups is 1. The van der Waals surface area contributed by atoms with Crippen LogP contribution >= 0.6 is 0 Å². The standard InChI is InChI=1S/C14H9N3O/c18-14-12-6-8-15-13(12)16-10-17(14)9-7-11-4-2-1-3-5-11/h1-6,8,10,18H. The number of hydrogen-bond donors (Lipinski definition) is 1. The van der Waals surface area contributed by atoms with E-state index in [2.05, 4.69) is 21.9 Å². The first-order valence-corrected chi connectivity index (χ1v) is 5.43. The van der Waals surface area contributed by atoms with Crippen molar-refractivity contribution in [3.8, 4) is 29.2 Å². The molecule has 0 spiro atoms. The van der Waals surface area contributed by atoms with Crippen molar-refractivity contribution >= 4 is 0 Å². The molecule has 18 heavy (non-hydrogen) atoms. The molecule has 0 aromatic heterocycles. The lowest BCUT2D eigenvalue weighted by Gasteiger charge is -2.04. The van der Waals surface area contributed by atoms with E-state index in [0.29, 0.717) is 11.4 Å². The van der Waals surface area contributed by atoms with E-state index in [4.69, 9.17) is 0 Å². The Morgan fingerprint density at radius 3 is 2.72 bits per heavy atom. The molecule has 1 aromatic carbocycles. The quantitative estimate of drug-likeness (QED) is 0.606. The second kappa shape index (κ2) is 4.22. The Morgan fingerprint density at radius 2 is 1.89 bits per heavy atom. The van der Waals surface area contributed by atoms with E-state index in [-0.39, 0.29) is 5.88 Å². The van der Waals surface area contributed by atoms with Gasteiger partial charge in [0.15, 0.2) is 5.82 Å². The Bertz CT molecular complexity index is 707. The third kappa shape index (κ3) is 1.78. The van der Waals surface area contributed by atoms with Crippen molar-refractivity contribution in [3.05, 3.63) is 54.5 Å². The Labute approximate surface area is 104 Å². The number of benzene rings is 1. The van der Waals surface area contributed by atoms with E-state index in [0.717, 1.165) is 5.56 Å². The van der Waals surface area contributed by atoms with Gasteiger partial charge in [-0.3, -0.25) is 0 Å². The summed E-state index contributed by atoms with van der Waals surface area (Å²) < 4.78 is 1.39. The van der Waals surface area contributed by atoms with Gasteiger partial charge in [-0.05, 0) is 24.1 Å². The Balaban J connectivity index is 2.04. The molecule has 2 aliphatic rings. The maximum absolute atomic E-state index is 10.00. The minimum absolute atomic E-state index is 0.0564. The van der Waals surface area contributed by atoms with Crippen molar-refractivity contribution in [2.75, 3.05) is 0 Å². The molecule has 2 aliphatic heterocycles. The molecule has 1 aromatic rings. The van der Waals surface area contributed by atoms with Gasteiger partial charge in [-0.2, -0.15) is 0 Å². The van der Waals surface area contributed by atoms with E-state index in [1.165, 1.54) is 10.9 Å². The van der Waals surface area contributed by atoms with Crippen LogP contribution in [0.2, 0.25) is 0 Å². The highest BCUT2D eigenvalue weighted by molar-refractivity contribution is 5.63. The lowest BCUT2D eigenvalue weighted by atomic mass is 10.2. The van der Waals surface area contributed by atoms with Crippen LogP contribution in [0, 0.1) is 12.0 Å². The van der Waals surface area contributed by atoms with Crippen molar-refractivity contribution in [2.45, 2.75) is 0 Å². The second-order valence-electron chi connectivity index (χ2n) is 3.72. The molecule has 0 radical (unpaired) electrons. The molecular weight excluding hydrogens is 226 g/mol. The van der Waals surface area contributed by atoms with Crippen molar-refractivity contribution < 1.29 is 5.11 Å². The monoisotopic (exact) mass is 235 g/mol. The van der Waals surface area contributed by atoms with E-state index in [1.807, 2.05) is 30.3 Å². The first-order valence-electron chi connectivity index (χ1n) is 5.43. The number of nitrogens with zero attached hydrogens (tertiary/aromatic N) is 3. The normalized spacial score (nSPS) is 10.0. The maximum Gasteiger partial charge on any atom is 0.215 e. The molecule has 0 saturated carbocycles. The number of aromatic nitrogens is 3. The molecule has 2 heterocycles. The first-order chi connectivity index (χ1) is 8.84. The zero-order valence-corrected chi connectivity index (χ0v) is 9.41. The SMILES string of the molecule is Oc1c2ccnc-2ncn1C#Cc1ccccc1. The molecule has 0 fully saturated rings. The Morgan fingerprint density at radius 1 is 1.06 bits per heavy atom. The first kappa shape index (κ1) is 10.4. The molecule has 0 atom stereocenters. The van der Waals surface area contributed by atoms with Gasteiger partial charge in [-0.15, -0.1) is 0 Å². The van der Waals surface area contributed by atoms with Gasteiger partial charge in [0.05, 0.1) is 5.56 Å². The van der Waals surface area contributed by atoms with Gasteiger partial charge in [0.1, 0.15) is 6.33 Å². The van der Waals surface area contributed by atoms with Crippen LogP contribution in [0.1, 0.15) is 5.56 Å². The van der Waals surface area contributed by atoms with Gasteiger partial charge in [0, 0.05) is 17.8 Å². The van der Waals surface area contributed by atoms with Gasteiger partial charge >= 0.3 is 0 Å². The summed E-state index contributed by atoms with van der Waals surface area (Å²) in [5.74, 6) is 3.53. The smallest absolute Gasteiger partial charge is 0.215 e. The molecule has 4 nitrogen and oxygen atoms in total. The summed E-state index contributed by atoms with van der Waals surface area (Å²) in [4.78, 5) is 8.11. The van der Waals surface area contributed by atoms with Crippen molar-refractivity contribution in [1.82, 2.24) is 14.5 Å². The number of fused-ring (bicyclic) bond motifs is 1. The lowest BCUT2D eigenvalue weighted by molar-refractivity contribution is 0.440. The van der Waals surface area contributed by atoms with Crippen LogP contribution in [-0.4, -0.2) is 19.6 Å². The van der Waals surface area contributed by atoms with Gasteiger partial charge in [0.2, 0.25) is 5.88 Å². The van der Waals surface area contributed by atoms with Crippen molar-refractivity contribution in [2.24, 2.45) is 0 Å². The summed E-state index contributed by atoms with van der Waals surface area (Å²) in [6, 6.07) is 14.1. The topological polar surface area (TPSA) is 50.9 Å². The van der Waals surface area contributed by atoms with E-state index in [9.17, 15) is 5.11 Å². The minimum Gasteiger partial charge on any atom is -0.493 e. The summed E-state index contributed by atoms with van der Waals surface area (Å²) in [6.45, 7) is 0. The van der Waals surface area contributed by atoms with Crippen LogP contribution in [-0.2, 0) is 0 Å². The van der Waals surface area contributed by atoms with Gasteiger partial charge in [-0.1, -0.05) is 18.2 Å². The molecular formula is C14H9N3O. The largest absolute Gasteiger partial charge is 0.493 e. The Kier molecular flexibility index (Phi) is 2.43. The highest BCUT2D eigenvalue weighted by atomic mass is 16.3. The van der Waals surface area contributed by atoms with E-state index < -0.39 is 0 Å². The van der Waals surface area contributed by atoms with Crippen LogP contribution in [0.3, 0.4) is 0 Å². The maximum atomic E-state index is 10.00. The molecule has 3 rings (SSSR count). The minimum atomic E-state index is 0.0564. The van der Waals surface area contributed by atoms with Crippen molar-refractivity contribution in [3.63, 3.8) is 0 Å². The third-order valence-electron chi connectivity index (χ3n) is 2.54. The van der Waals surface area contributed by atoms with Gasteiger partial charge < -0.3 is 5.11 Å². The van der Waals surface area contributed by atoms with Crippen LogP contribution in [0.25, 0.3) is 11.4 Å². The summed E-state index contributed by atoms with van der Waals surface area (Å²) in [7, 11) is 0. The summed E-state index contributed by atoms with van der Waals surface area (Å²) >= 11 is 0. The highest BCUT2D eigenvalue weighted by Crippen LogP contribution is 2.26. The molecule has 0 saturated heterocycles. The molecule has 0 amide bonds. The fourth-order valence-corrected chi connectivity index (χ4v) is 1.63. The molecule has 4 heteroatoms. The van der Waals surface area contributed by atoms with E-state index >= 15 is 0 Å². The predicted molar refractivity (Wildman–Crippen MR) is 67.0 cm³/mol. The van der Waals surface area contributed by atoms with Crippen LogP contribution in [0.4, 0.5) is 0 Å². The average Bonchev–Trinajstić information content (AvgIpc) is 2.88. The summed E-state index contributed by atoms with van der Waals surface area (Å²) in [6.07, 6.45) is 3.06. The zero-order chi connectivity index (χ0) is 12.4. The molecule has 0 unspecified atom stereocenters. The summed E-state index contributed by atoms with van der Waals surface area (Å²) in [5, 5.41) is 10.00. The fourth-order valence-electron chi connectivity index (χ4n) is 1.63. The molecule has 0 bridgehead atoms. The third-order valence-corrected chi connectivity index (χ3v) is 2.54. The molecule has 86 valence electrons. The zero-order valence-electron chi connectivity index (χ0n) is 9.41. The molecule has 1 N–H and O–H groups in total. The molecule has 0 aliphatic carbocycles. The fraction of sp³-hybridized carbons (Fsp3) is 0.